The maximum Gasteiger partial charge on any atom is 0.0432 e. The van der Waals surface area contributed by atoms with Gasteiger partial charge >= 0.3 is 0 Å². The smallest absolute Gasteiger partial charge is 0.0432 e. The van der Waals surface area contributed by atoms with Crippen LogP contribution in [0.3, 0.4) is 0 Å². The molecule has 1 aromatic carbocycles. The first-order valence-corrected chi connectivity index (χ1v) is 8.00. The standard InChI is InChI=1S/C17H24N2/c1-3-13(12-18-6-1)9-14-10-15-4-2-7-19-8-5-16(11-14)17(15)19/h10-11,13,18H,1-9,12H2. The molecule has 0 aliphatic carbocycles. The zero-order chi connectivity index (χ0) is 12.7. The Morgan fingerprint density at radius 2 is 2.00 bits per heavy atom. The zero-order valence-electron chi connectivity index (χ0n) is 11.8. The van der Waals surface area contributed by atoms with Gasteiger partial charge in [0.1, 0.15) is 0 Å². The van der Waals surface area contributed by atoms with Crippen LogP contribution in [0.5, 0.6) is 0 Å². The summed E-state index contributed by atoms with van der Waals surface area (Å²) in [6.07, 6.45) is 7.98. The third-order valence-electron chi connectivity index (χ3n) is 5.09. The van der Waals surface area contributed by atoms with Crippen LogP contribution in [0.15, 0.2) is 12.1 Å². The highest BCUT2D eigenvalue weighted by molar-refractivity contribution is 5.65. The van der Waals surface area contributed by atoms with Crippen LogP contribution in [-0.2, 0) is 19.3 Å². The minimum Gasteiger partial charge on any atom is -0.371 e. The second kappa shape index (κ2) is 4.82. The molecule has 2 nitrogen and oxygen atoms in total. The Labute approximate surface area is 116 Å². The molecule has 0 spiro atoms. The van der Waals surface area contributed by atoms with E-state index in [1.165, 1.54) is 64.7 Å². The van der Waals surface area contributed by atoms with Crippen molar-refractivity contribution in [2.75, 3.05) is 31.1 Å². The predicted molar refractivity (Wildman–Crippen MR) is 80.0 cm³/mol. The topological polar surface area (TPSA) is 15.3 Å². The van der Waals surface area contributed by atoms with Crippen LogP contribution < -0.4 is 10.2 Å². The third kappa shape index (κ3) is 2.16. The molecule has 3 aliphatic rings. The second-order valence-electron chi connectivity index (χ2n) is 6.52. The lowest BCUT2D eigenvalue weighted by atomic mass is 9.89. The largest absolute Gasteiger partial charge is 0.371 e. The Hall–Kier alpha value is -1.02. The zero-order valence-corrected chi connectivity index (χ0v) is 11.8. The molecule has 1 unspecified atom stereocenters. The lowest BCUT2D eigenvalue weighted by Gasteiger charge is -2.28. The van der Waals surface area contributed by atoms with Crippen LogP contribution in [0.25, 0.3) is 0 Å². The van der Waals surface area contributed by atoms with Crippen molar-refractivity contribution in [2.45, 2.75) is 38.5 Å². The molecule has 3 heterocycles. The highest BCUT2D eigenvalue weighted by Gasteiger charge is 2.26. The number of nitrogens with zero attached hydrogens (tertiary/aromatic N) is 1. The minimum atomic E-state index is 0.861. The normalized spacial score (nSPS) is 25.5. The molecular formula is C17H24N2. The summed E-state index contributed by atoms with van der Waals surface area (Å²) in [5.74, 6) is 0.861. The van der Waals surface area contributed by atoms with Gasteiger partial charge in [0.2, 0.25) is 0 Å². The first kappa shape index (κ1) is 11.8. The Morgan fingerprint density at radius 3 is 2.84 bits per heavy atom. The van der Waals surface area contributed by atoms with E-state index in [2.05, 4.69) is 22.3 Å². The van der Waals surface area contributed by atoms with Gasteiger partial charge in [-0.3, -0.25) is 0 Å². The molecule has 1 atom stereocenters. The third-order valence-corrected chi connectivity index (χ3v) is 5.09. The Kier molecular flexibility index (Phi) is 2.99. The highest BCUT2D eigenvalue weighted by atomic mass is 15.2. The van der Waals surface area contributed by atoms with Gasteiger partial charge in [0.05, 0.1) is 0 Å². The highest BCUT2D eigenvalue weighted by Crippen LogP contribution is 2.37. The molecule has 0 radical (unpaired) electrons. The van der Waals surface area contributed by atoms with Crippen LogP contribution in [-0.4, -0.2) is 26.2 Å². The van der Waals surface area contributed by atoms with Crippen LogP contribution in [0.2, 0.25) is 0 Å². The van der Waals surface area contributed by atoms with Crippen molar-refractivity contribution in [1.82, 2.24) is 5.32 Å². The van der Waals surface area contributed by atoms with E-state index in [-0.39, 0.29) is 0 Å². The number of benzene rings is 1. The van der Waals surface area contributed by atoms with Crippen molar-refractivity contribution in [3.05, 3.63) is 28.8 Å². The minimum absolute atomic E-state index is 0.861. The molecule has 1 N–H and O–H groups in total. The van der Waals surface area contributed by atoms with Crippen molar-refractivity contribution in [3.63, 3.8) is 0 Å². The van der Waals surface area contributed by atoms with Crippen molar-refractivity contribution in [3.8, 4) is 0 Å². The van der Waals surface area contributed by atoms with Gasteiger partial charge in [-0.1, -0.05) is 12.1 Å². The Bertz CT molecular complexity index is 474. The molecule has 2 heteroatoms. The fourth-order valence-corrected chi connectivity index (χ4v) is 4.22. The number of nitrogens with one attached hydrogen (secondary N) is 1. The van der Waals surface area contributed by atoms with Crippen LogP contribution in [0.1, 0.15) is 36.0 Å². The molecule has 0 saturated carbocycles. The van der Waals surface area contributed by atoms with E-state index >= 15 is 0 Å². The van der Waals surface area contributed by atoms with Gasteiger partial charge < -0.3 is 10.2 Å². The van der Waals surface area contributed by atoms with Gasteiger partial charge in [-0.05, 0) is 74.2 Å². The summed E-state index contributed by atoms with van der Waals surface area (Å²) in [7, 11) is 0. The van der Waals surface area contributed by atoms with Crippen molar-refractivity contribution < 1.29 is 0 Å². The summed E-state index contributed by atoms with van der Waals surface area (Å²) in [4.78, 5) is 2.61. The monoisotopic (exact) mass is 256 g/mol. The van der Waals surface area contributed by atoms with E-state index < -0.39 is 0 Å². The fraction of sp³-hybridized carbons (Fsp3) is 0.647. The van der Waals surface area contributed by atoms with Gasteiger partial charge in [0, 0.05) is 18.8 Å². The molecule has 1 saturated heterocycles. The van der Waals surface area contributed by atoms with Crippen LogP contribution in [0.4, 0.5) is 5.69 Å². The molecule has 0 aromatic heterocycles. The molecule has 0 amide bonds. The number of hydrogen-bond donors (Lipinski definition) is 1. The van der Waals surface area contributed by atoms with Crippen molar-refractivity contribution in [2.24, 2.45) is 5.92 Å². The van der Waals surface area contributed by atoms with E-state index in [0.717, 1.165) is 5.92 Å². The number of aryl methyl sites for hydroxylation is 1. The first-order chi connectivity index (χ1) is 9.40. The van der Waals surface area contributed by atoms with Gasteiger partial charge in [-0.25, -0.2) is 0 Å². The van der Waals surface area contributed by atoms with E-state index in [4.69, 9.17) is 0 Å². The summed E-state index contributed by atoms with van der Waals surface area (Å²) in [6.45, 7) is 4.99. The fourth-order valence-electron chi connectivity index (χ4n) is 4.22. The second-order valence-corrected chi connectivity index (χ2v) is 6.52. The summed E-state index contributed by atoms with van der Waals surface area (Å²) in [6, 6.07) is 5.03. The first-order valence-electron chi connectivity index (χ1n) is 8.00. The average molecular weight is 256 g/mol. The molecule has 3 aliphatic heterocycles. The van der Waals surface area contributed by atoms with Gasteiger partial charge in [-0.2, -0.15) is 0 Å². The van der Waals surface area contributed by atoms with Gasteiger partial charge in [0.25, 0.3) is 0 Å². The molecule has 19 heavy (non-hydrogen) atoms. The number of anilines is 1. The van der Waals surface area contributed by atoms with Crippen molar-refractivity contribution in [1.29, 1.82) is 0 Å². The summed E-state index contributed by atoms with van der Waals surface area (Å²) in [5.41, 5.74) is 6.49. The Morgan fingerprint density at radius 1 is 1.11 bits per heavy atom. The Balaban J connectivity index is 1.60. The van der Waals surface area contributed by atoms with E-state index in [0.29, 0.717) is 0 Å². The summed E-state index contributed by atoms with van der Waals surface area (Å²) in [5, 5.41) is 3.55. The number of piperidine rings is 1. The average Bonchev–Trinajstić information content (AvgIpc) is 2.85. The molecule has 1 aromatic rings. The molecule has 1 fully saturated rings. The number of rotatable bonds is 2. The van der Waals surface area contributed by atoms with Gasteiger partial charge in [-0.15, -0.1) is 0 Å². The number of hydrogen-bond acceptors (Lipinski definition) is 2. The molecular weight excluding hydrogens is 232 g/mol. The maximum absolute atomic E-state index is 3.55. The van der Waals surface area contributed by atoms with E-state index in [1.807, 2.05) is 0 Å². The van der Waals surface area contributed by atoms with Crippen molar-refractivity contribution >= 4 is 5.69 Å². The molecule has 4 rings (SSSR count). The summed E-state index contributed by atoms with van der Waals surface area (Å²) >= 11 is 0. The van der Waals surface area contributed by atoms with Crippen LogP contribution in [0, 0.1) is 5.92 Å². The molecule has 102 valence electrons. The predicted octanol–water partition coefficient (Wildman–Crippen LogP) is 2.54. The SMILES string of the molecule is c1c(CC2CCCNC2)cc2c3c1CCCN3CC2. The van der Waals surface area contributed by atoms with E-state index in [1.54, 1.807) is 22.4 Å². The maximum atomic E-state index is 3.55. The lowest BCUT2D eigenvalue weighted by Crippen LogP contribution is -2.31. The van der Waals surface area contributed by atoms with Gasteiger partial charge in [0.15, 0.2) is 0 Å². The lowest BCUT2D eigenvalue weighted by molar-refractivity contribution is 0.376. The summed E-state index contributed by atoms with van der Waals surface area (Å²) < 4.78 is 0. The van der Waals surface area contributed by atoms with E-state index in [9.17, 15) is 0 Å². The molecule has 0 bridgehead atoms. The van der Waals surface area contributed by atoms with Crippen LogP contribution >= 0.6 is 0 Å². The quantitative estimate of drug-likeness (QED) is 0.875.